The van der Waals surface area contributed by atoms with Crippen LogP contribution in [0.4, 0.5) is 11.4 Å². The Kier molecular flexibility index (Phi) is 2.64. The predicted molar refractivity (Wildman–Crippen MR) is 84.8 cm³/mol. The molecule has 0 fully saturated rings. The molecule has 1 aliphatic carbocycles. The minimum atomic E-state index is -0.0665. The molecule has 1 aromatic heterocycles. The van der Waals surface area contributed by atoms with Gasteiger partial charge in [0.15, 0.2) is 0 Å². The predicted octanol–water partition coefficient (Wildman–Crippen LogP) is 2.97. The second-order valence-corrected chi connectivity index (χ2v) is 5.75. The lowest BCUT2D eigenvalue weighted by Crippen LogP contribution is -2.03. The molecule has 2 aromatic rings. The van der Waals surface area contributed by atoms with E-state index in [1.807, 2.05) is 18.2 Å². The summed E-state index contributed by atoms with van der Waals surface area (Å²) in [5, 5.41) is 2.88. The maximum absolute atomic E-state index is 12.2. The van der Waals surface area contributed by atoms with Gasteiger partial charge in [-0.05, 0) is 61.6 Å². The van der Waals surface area contributed by atoms with Gasteiger partial charge in [-0.3, -0.25) is 4.79 Å². The summed E-state index contributed by atoms with van der Waals surface area (Å²) >= 11 is 0. The van der Waals surface area contributed by atoms with E-state index in [4.69, 9.17) is 5.73 Å². The summed E-state index contributed by atoms with van der Waals surface area (Å²) < 4.78 is 0. The fraction of sp³-hybridized carbons (Fsp3) is 0.235. The lowest BCUT2D eigenvalue weighted by atomic mass is 9.98. The maximum Gasteiger partial charge on any atom is 0.256 e. The number of H-pyrrole nitrogens is 1. The van der Waals surface area contributed by atoms with Crippen LogP contribution in [-0.2, 0) is 17.6 Å². The molecule has 4 nitrogen and oxygen atoms in total. The molecule has 0 saturated carbocycles. The lowest BCUT2D eigenvalue weighted by molar-refractivity contribution is -0.110. The second kappa shape index (κ2) is 4.52. The number of anilines is 2. The smallest absolute Gasteiger partial charge is 0.256 e. The summed E-state index contributed by atoms with van der Waals surface area (Å²) in [6.07, 6.45) is 6.65. The number of fused-ring (bicyclic) bond motifs is 2. The van der Waals surface area contributed by atoms with Crippen LogP contribution in [-0.4, -0.2) is 10.9 Å². The van der Waals surface area contributed by atoms with E-state index in [1.165, 1.54) is 24.1 Å². The van der Waals surface area contributed by atoms with E-state index in [2.05, 4.69) is 16.4 Å². The number of hydrogen-bond acceptors (Lipinski definition) is 2. The van der Waals surface area contributed by atoms with Crippen molar-refractivity contribution in [3.63, 3.8) is 0 Å². The molecular formula is C17H17N3O. The van der Waals surface area contributed by atoms with E-state index in [-0.39, 0.29) is 5.91 Å². The Bertz CT molecular complexity index is 747. The SMILES string of the molecule is Nc1ccc2c(c1)/C(=C/c1cc3c([nH]1)CCCC3)C(=O)N2. The van der Waals surface area contributed by atoms with Crippen molar-refractivity contribution in [3.05, 3.63) is 46.8 Å². The molecule has 0 bridgehead atoms. The molecule has 0 saturated heterocycles. The zero-order valence-electron chi connectivity index (χ0n) is 11.7. The summed E-state index contributed by atoms with van der Waals surface area (Å²) in [4.78, 5) is 15.6. The maximum atomic E-state index is 12.2. The van der Waals surface area contributed by atoms with Gasteiger partial charge in [0, 0.05) is 28.3 Å². The van der Waals surface area contributed by atoms with Gasteiger partial charge in [-0.25, -0.2) is 0 Å². The summed E-state index contributed by atoms with van der Waals surface area (Å²) in [6, 6.07) is 7.67. The van der Waals surface area contributed by atoms with Crippen LogP contribution in [0.2, 0.25) is 0 Å². The molecule has 21 heavy (non-hydrogen) atoms. The molecule has 1 aromatic carbocycles. The van der Waals surface area contributed by atoms with E-state index in [9.17, 15) is 4.79 Å². The number of carbonyl (C=O) groups excluding carboxylic acids is 1. The largest absolute Gasteiger partial charge is 0.399 e. The highest BCUT2D eigenvalue weighted by molar-refractivity contribution is 6.35. The molecule has 0 radical (unpaired) electrons. The van der Waals surface area contributed by atoms with Crippen LogP contribution in [0.3, 0.4) is 0 Å². The zero-order valence-corrected chi connectivity index (χ0v) is 11.7. The number of hydrogen-bond donors (Lipinski definition) is 3. The average Bonchev–Trinajstić information content (AvgIpc) is 3.01. The number of amides is 1. The Hall–Kier alpha value is -2.49. The molecule has 0 unspecified atom stereocenters. The molecule has 4 N–H and O–H groups in total. The van der Waals surface area contributed by atoms with Gasteiger partial charge in [0.05, 0.1) is 5.57 Å². The summed E-state index contributed by atoms with van der Waals surface area (Å²) in [5.74, 6) is -0.0665. The van der Waals surface area contributed by atoms with Crippen LogP contribution in [0.5, 0.6) is 0 Å². The van der Waals surface area contributed by atoms with Gasteiger partial charge in [0.1, 0.15) is 0 Å². The van der Waals surface area contributed by atoms with E-state index in [0.717, 1.165) is 29.8 Å². The fourth-order valence-electron chi connectivity index (χ4n) is 3.21. The van der Waals surface area contributed by atoms with Crippen LogP contribution in [0.1, 0.15) is 35.4 Å². The van der Waals surface area contributed by atoms with E-state index in [1.54, 1.807) is 6.07 Å². The topological polar surface area (TPSA) is 70.9 Å². The first-order valence-corrected chi connectivity index (χ1v) is 7.34. The lowest BCUT2D eigenvalue weighted by Gasteiger charge is -2.08. The highest BCUT2D eigenvalue weighted by atomic mass is 16.2. The summed E-state index contributed by atoms with van der Waals surface area (Å²) in [7, 11) is 0. The molecule has 1 aliphatic heterocycles. The van der Waals surface area contributed by atoms with Crippen LogP contribution in [0, 0.1) is 0 Å². The molecule has 2 heterocycles. The monoisotopic (exact) mass is 279 g/mol. The molecule has 4 rings (SSSR count). The number of nitrogen functional groups attached to an aromatic ring is 1. The first kappa shape index (κ1) is 12.3. The molecule has 1 amide bonds. The third-order valence-corrected chi connectivity index (χ3v) is 4.26. The van der Waals surface area contributed by atoms with Crippen molar-refractivity contribution in [2.24, 2.45) is 0 Å². The van der Waals surface area contributed by atoms with Crippen LogP contribution < -0.4 is 11.1 Å². The quantitative estimate of drug-likeness (QED) is 0.555. The van der Waals surface area contributed by atoms with Crippen LogP contribution >= 0.6 is 0 Å². The number of aryl methyl sites for hydroxylation is 2. The van der Waals surface area contributed by atoms with Crippen molar-refractivity contribution >= 4 is 28.9 Å². The molecule has 106 valence electrons. The molecule has 4 heteroatoms. The zero-order chi connectivity index (χ0) is 14.4. The highest BCUT2D eigenvalue weighted by Gasteiger charge is 2.24. The minimum absolute atomic E-state index is 0.0665. The van der Waals surface area contributed by atoms with Gasteiger partial charge >= 0.3 is 0 Å². The Morgan fingerprint density at radius 1 is 1.14 bits per heavy atom. The van der Waals surface area contributed by atoms with Gasteiger partial charge in [0.2, 0.25) is 0 Å². The van der Waals surface area contributed by atoms with Crippen molar-refractivity contribution in [1.82, 2.24) is 4.98 Å². The van der Waals surface area contributed by atoms with Crippen LogP contribution in [0.15, 0.2) is 24.3 Å². The standard InChI is InChI=1S/C17H17N3O/c18-11-5-6-16-13(8-11)14(17(21)20-16)9-12-7-10-3-1-2-4-15(10)19-12/h5-9,19H,1-4,18H2,(H,20,21)/b14-9-. The Balaban J connectivity index is 1.78. The molecular weight excluding hydrogens is 262 g/mol. The molecule has 2 aliphatic rings. The van der Waals surface area contributed by atoms with E-state index >= 15 is 0 Å². The number of nitrogens with one attached hydrogen (secondary N) is 2. The van der Waals surface area contributed by atoms with Crippen LogP contribution in [0.25, 0.3) is 11.6 Å². The first-order chi connectivity index (χ1) is 10.2. The number of rotatable bonds is 1. The van der Waals surface area contributed by atoms with Gasteiger partial charge in [0.25, 0.3) is 5.91 Å². The number of aromatic nitrogens is 1. The summed E-state index contributed by atoms with van der Waals surface area (Å²) in [6.45, 7) is 0. The van der Waals surface area contributed by atoms with Gasteiger partial charge in [-0.2, -0.15) is 0 Å². The van der Waals surface area contributed by atoms with Crippen molar-refractivity contribution in [2.75, 3.05) is 11.1 Å². The van der Waals surface area contributed by atoms with E-state index < -0.39 is 0 Å². The number of benzene rings is 1. The highest BCUT2D eigenvalue weighted by Crippen LogP contribution is 2.34. The number of carbonyl (C=O) groups is 1. The molecule has 0 atom stereocenters. The molecule has 0 spiro atoms. The van der Waals surface area contributed by atoms with E-state index in [0.29, 0.717) is 11.3 Å². The van der Waals surface area contributed by atoms with Gasteiger partial charge in [-0.1, -0.05) is 0 Å². The Morgan fingerprint density at radius 2 is 2.00 bits per heavy atom. The first-order valence-electron chi connectivity index (χ1n) is 7.34. The normalized spacial score (nSPS) is 18.5. The summed E-state index contributed by atoms with van der Waals surface area (Å²) in [5.41, 5.74) is 12.6. The average molecular weight is 279 g/mol. The van der Waals surface area contributed by atoms with Crippen molar-refractivity contribution in [1.29, 1.82) is 0 Å². The third-order valence-electron chi connectivity index (χ3n) is 4.26. The van der Waals surface area contributed by atoms with Gasteiger partial charge in [-0.15, -0.1) is 0 Å². The number of aromatic amines is 1. The van der Waals surface area contributed by atoms with Crippen molar-refractivity contribution in [3.8, 4) is 0 Å². The Labute approximate surface area is 123 Å². The Morgan fingerprint density at radius 3 is 2.86 bits per heavy atom. The number of nitrogens with two attached hydrogens (primary N) is 1. The third kappa shape index (κ3) is 2.03. The van der Waals surface area contributed by atoms with Crippen molar-refractivity contribution < 1.29 is 4.79 Å². The fourth-order valence-corrected chi connectivity index (χ4v) is 3.21. The van der Waals surface area contributed by atoms with Crippen molar-refractivity contribution in [2.45, 2.75) is 25.7 Å². The minimum Gasteiger partial charge on any atom is -0.399 e. The second-order valence-electron chi connectivity index (χ2n) is 5.75. The van der Waals surface area contributed by atoms with Gasteiger partial charge < -0.3 is 16.0 Å².